The minimum atomic E-state index is 0.920. The summed E-state index contributed by atoms with van der Waals surface area (Å²) in [5.74, 6) is 2.80. The molecule has 0 unspecified atom stereocenters. The second-order valence-corrected chi connectivity index (χ2v) is 4.96. The molecule has 0 amide bonds. The van der Waals surface area contributed by atoms with Crippen molar-refractivity contribution in [3.63, 3.8) is 0 Å². The van der Waals surface area contributed by atoms with Gasteiger partial charge in [0.15, 0.2) is 0 Å². The van der Waals surface area contributed by atoms with Gasteiger partial charge in [0.1, 0.15) is 5.65 Å². The summed E-state index contributed by atoms with van der Waals surface area (Å²) in [5, 5.41) is 3.40. The number of imidazole rings is 1. The molecule has 2 aromatic carbocycles. The molecule has 2 nitrogen and oxygen atoms in total. The van der Waals surface area contributed by atoms with Crippen molar-refractivity contribution >= 4 is 27.3 Å². The maximum Gasteiger partial charge on any atom is 0.145 e. The number of terminal acetylenes is 1. The molecule has 0 saturated heterocycles. The maximum atomic E-state index is 5.69. The summed E-state index contributed by atoms with van der Waals surface area (Å²) >= 11 is 0. The van der Waals surface area contributed by atoms with Gasteiger partial charge in [-0.1, -0.05) is 36.3 Å². The molecule has 2 aromatic heterocycles. The number of fused-ring (bicyclic) bond motifs is 6. The topological polar surface area (TPSA) is 17.3 Å². The van der Waals surface area contributed by atoms with Crippen LogP contribution in [-0.2, 0) is 0 Å². The van der Waals surface area contributed by atoms with Gasteiger partial charge in [0, 0.05) is 34.1 Å². The standard InChI is InChI=1S/C18H12N2/c1-3-13-7-5-9-15-16(13)14-8-4-6-12(2)17(14)20-11-10-19-18(15)20/h1,4-11H,2H3. The van der Waals surface area contributed by atoms with Crippen molar-refractivity contribution in [1.82, 2.24) is 9.38 Å². The minimum absolute atomic E-state index is 0.920. The Morgan fingerprint density at radius 3 is 2.75 bits per heavy atom. The molecule has 0 saturated carbocycles. The fraction of sp³-hybridized carbons (Fsp3) is 0.0556. The van der Waals surface area contributed by atoms with Gasteiger partial charge in [0.25, 0.3) is 0 Å². The summed E-state index contributed by atoms with van der Waals surface area (Å²) in [6.07, 6.45) is 9.53. The van der Waals surface area contributed by atoms with Crippen molar-refractivity contribution in [1.29, 1.82) is 0 Å². The Morgan fingerprint density at radius 1 is 1.10 bits per heavy atom. The van der Waals surface area contributed by atoms with Crippen LogP contribution in [0.1, 0.15) is 11.1 Å². The van der Waals surface area contributed by atoms with Crippen LogP contribution in [0.5, 0.6) is 0 Å². The molecular weight excluding hydrogens is 244 g/mol. The van der Waals surface area contributed by atoms with Gasteiger partial charge in [0.05, 0.1) is 5.52 Å². The fourth-order valence-electron chi connectivity index (χ4n) is 3.01. The van der Waals surface area contributed by atoms with E-state index in [4.69, 9.17) is 6.42 Å². The van der Waals surface area contributed by atoms with E-state index in [9.17, 15) is 0 Å². The van der Waals surface area contributed by atoms with E-state index in [1.54, 1.807) is 0 Å². The molecule has 0 atom stereocenters. The van der Waals surface area contributed by atoms with Gasteiger partial charge in [-0.15, -0.1) is 6.42 Å². The Labute approximate surface area is 116 Å². The molecule has 0 bridgehead atoms. The maximum absolute atomic E-state index is 5.69. The SMILES string of the molecule is C#Cc1cccc2c1c1cccc(C)c1n1ccnc21. The Morgan fingerprint density at radius 2 is 1.90 bits per heavy atom. The summed E-state index contributed by atoms with van der Waals surface area (Å²) in [5.41, 5.74) is 4.27. The number of rotatable bonds is 0. The molecule has 20 heavy (non-hydrogen) atoms. The first kappa shape index (κ1) is 11.1. The first-order chi connectivity index (χ1) is 9.81. The lowest BCUT2D eigenvalue weighted by Gasteiger charge is -2.11. The highest BCUT2D eigenvalue weighted by molar-refractivity contribution is 6.14. The average molecular weight is 256 g/mol. The van der Waals surface area contributed by atoms with Crippen LogP contribution in [0.25, 0.3) is 27.3 Å². The van der Waals surface area contributed by atoms with Crippen molar-refractivity contribution in [3.05, 3.63) is 59.9 Å². The van der Waals surface area contributed by atoms with E-state index in [1.807, 2.05) is 24.5 Å². The van der Waals surface area contributed by atoms with Crippen LogP contribution >= 0.6 is 0 Å². The number of nitrogens with zero attached hydrogens (tertiary/aromatic N) is 2. The number of para-hydroxylation sites is 1. The molecule has 0 aliphatic rings. The number of aryl methyl sites for hydroxylation is 1. The molecule has 2 heteroatoms. The van der Waals surface area contributed by atoms with Crippen LogP contribution in [0, 0.1) is 19.3 Å². The lowest BCUT2D eigenvalue weighted by atomic mass is 9.99. The normalized spacial score (nSPS) is 11.2. The summed E-state index contributed by atoms with van der Waals surface area (Å²) in [7, 11) is 0. The first-order valence-electron chi connectivity index (χ1n) is 6.55. The van der Waals surface area contributed by atoms with Crippen molar-refractivity contribution in [2.75, 3.05) is 0 Å². The highest BCUT2D eigenvalue weighted by atomic mass is 15.0. The molecule has 0 radical (unpaired) electrons. The quantitative estimate of drug-likeness (QED) is 0.344. The van der Waals surface area contributed by atoms with Gasteiger partial charge in [-0.25, -0.2) is 4.98 Å². The van der Waals surface area contributed by atoms with Crippen LogP contribution in [-0.4, -0.2) is 9.38 Å². The molecule has 4 aromatic rings. The molecule has 2 heterocycles. The van der Waals surface area contributed by atoms with Crippen LogP contribution in [0.2, 0.25) is 0 Å². The Bertz CT molecular complexity index is 1020. The van der Waals surface area contributed by atoms with Crippen LogP contribution < -0.4 is 0 Å². The summed E-state index contributed by atoms with van der Waals surface area (Å²) < 4.78 is 2.15. The van der Waals surface area contributed by atoms with E-state index < -0.39 is 0 Å². The smallest absolute Gasteiger partial charge is 0.145 e. The number of hydrogen-bond donors (Lipinski definition) is 0. The zero-order valence-corrected chi connectivity index (χ0v) is 11.1. The van der Waals surface area contributed by atoms with Gasteiger partial charge >= 0.3 is 0 Å². The van der Waals surface area contributed by atoms with Crippen molar-refractivity contribution < 1.29 is 0 Å². The number of pyridine rings is 1. The zero-order chi connectivity index (χ0) is 13.7. The van der Waals surface area contributed by atoms with E-state index in [0.29, 0.717) is 0 Å². The molecular formula is C18H12N2. The van der Waals surface area contributed by atoms with E-state index in [1.165, 1.54) is 16.5 Å². The third kappa shape index (κ3) is 1.27. The number of aromatic nitrogens is 2. The zero-order valence-electron chi connectivity index (χ0n) is 11.1. The molecule has 0 N–H and O–H groups in total. The average Bonchev–Trinajstić information content (AvgIpc) is 2.96. The molecule has 94 valence electrons. The molecule has 0 spiro atoms. The lowest BCUT2D eigenvalue weighted by Crippen LogP contribution is -1.94. The monoisotopic (exact) mass is 256 g/mol. The third-order valence-corrected chi connectivity index (χ3v) is 3.85. The van der Waals surface area contributed by atoms with Gasteiger partial charge in [-0.3, -0.25) is 4.40 Å². The number of hydrogen-bond acceptors (Lipinski definition) is 1. The molecule has 0 fully saturated rings. The predicted molar refractivity (Wildman–Crippen MR) is 82.9 cm³/mol. The number of benzene rings is 2. The summed E-state index contributed by atoms with van der Waals surface area (Å²) in [4.78, 5) is 4.51. The van der Waals surface area contributed by atoms with Crippen LogP contribution in [0.4, 0.5) is 0 Å². The largest absolute Gasteiger partial charge is 0.299 e. The highest BCUT2D eigenvalue weighted by Crippen LogP contribution is 2.32. The molecule has 4 rings (SSSR count). The Hall–Kier alpha value is -2.79. The van der Waals surface area contributed by atoms with Crippen LogP contribution in [0.15, 0.2) is 48.8 Å². The van der Waals surface area contributed by atoms with Crippen molar-refractivity contribution in [2.24, 2.45) is 0 Å². The Kier molecular flexibility index (Phi) is 2.13. The van der Waals surface area contributed by atoms with Crippen molar-refractivity contribution in [2.45, 2.75) is 6.92 Å². The fourth-order valence-corrected chi connectivity index (χ4v) is 3.01. The van der Waals surface area contributed by atoms with E-state index in [2.05, 4.69) is 46.5 Å². The molecule has 0 aliphatic carbocycles. The van der Waals surface area contributed by atoms with Gasteiger partial charge in [-0.05, 0) is 18.6 Å². The summed E-state index contributed by atoms with van der Waals surface area (Å²) in [6.45, 7) is 2.12. The lowest BCUT2D eigenvalue weighted by molar-refractivity contribution is 1.25. The van der Waals surface area contributed by atoms with Gasteiger partial charge in [0.2, 0.25) is 0 Å². The second kappa shape index (κ2) is 3.85. The first-order valence-corrected chi connectivity index (χ1v) is 6.55. The van der Waals surface area contributed by atoms with E-state index in [0.717, 1.165) is 22.0 Å². The molecule has 0 aliphatic heterocycles. The van der Waals surface area contributed by atoms with Crippen molar-refractivity contribution in [3.8, 4) is 12.3 Å². The second-order valence-electron chi connectivity index (χ2n) is 4.96. The summed E-state index contributed by atoms with van der Waals surface area (Å²) in [6, 6.07) is 12.4. The Balaban J connectivity index is 2.49. The van der Waals surface area contributed by atoms with Gasteiger partial charge in [-0.2, -0.15) is 0 Å². The van der Waals surface area contributed by atoms with E-state index in [-0.39, 0.29) is 0 Å². The third-order valence-electron chi connectivity index (χ3n) is 3.85. The van der Waals surface area contributed by atoms with Gasteiger partial charge < -0.3 is 0 Å². The minimum Gasteiger partial charge on any atom is -0.299 e. The van der Waals surface area contributed by atoms with E-state index >= 15 is 0 Å². The van der Waals surface area contributed by atoms with Crippen LogP contribution in [0.3, 0.4) is 0 Å². The highest BCUT2D eigenvalue weighted by Gasteiger charge is 2.12. The predicted octanol–water partition coefficient (Wildman–Crippen LogP) is 3.93.